The Balaban J connectivity index is 1.37. The normalized spacial score (nSPS) is 15.2. The first-order valence-corrected chi connectivity index (χ1v) is 9.51. The molecule has 0 bridgehead atoms. The molecule has 30 heavy (non-hydrogen) atoms. The number of halogens is 3. The van der Waals surface area contributed by atoms with Crippen LogP contribution in [0.3, 0.4) is 0 Å². The number of amides is 2. The van der Waals surface area contributed by atoms with Crippen LogP contribution in [0.25, 0.3) is 10.8 Å². The van der Waals surface area contributed by atoms with E-state index in [2.05, 4.69) is 15.5 Å². The number of piperidine rings is 1. The predicted molar refractivity (Wildman–Crippen MR) is 105 cm³/mol. The van der Waals surface area contributed by atoms with E-state index in [9.17, 15) is 18.0 Å². The van der Waals surface area contributed by atoms with Gasteiger partial charge in [-0.25, -0.2) is 4.79 Å². The SMILES string of the molecule is O=C(Nc1ccccc1C(F)(F)F)N1CCC(Oc2nncc3ccccc23)CC1. The van der Waals surface area contributed by atoms with Gasteiger partial charge in [0.2, 0.25) is 5.88 Å². The van der Waals surface area contributed by atoms with Crippen molar-refractivity contribution in [1.29, 1.82) is 0 Å². The minimum absolute atomic E-state index is 0.156. The maximum Gasteiger partial charge on any atom is 0.418 e. The van der Waals surface area contributed by atoms with Crippen LogP contribution in [-0.2, 0) is 6.18 Å². The summed E-state index contributed by atoms with van der Waals surface area (Å²) in [5.74, 6) is 0.440. The monoisotopic (exact) mass is 416 g/mol. The molecule has 9 heteroatoms. The second-order valence-electron chi connectivity index (χ2n) is 7.01. The molecule has 1 aliphatic heterocycles. The van der Waals surface area contributed by atoms with Crippen molar-refractivity contribution in [3.63, 3.8) is 0 Å². The third kappa shape index (κ3) is 4.29. The first kappa shape index (κ1) is 19.9. The van der Waals surface area contributed by atoms with E-state index in [4.69, 9.17) is 4.74 Å². The largest absolute Gasteiger partial charge is 0.473 e. The molecule has 1 saturated heterocycles. The smallest absolute Gasteiger partial charge is 0.418 e. The number of likely N-dealkylation sites (tertiary alicyclic amines) is 1. The Morgan fingerprint density at radius 3 is 2.53 bits per heavy atom. The summed E-state index contributed by atoms with van der Waals surface area (Å²) in [4.78, 5) is 14.0. The van der Waals surface area contributed by atoms with Crippen molar-refractivity contribution in [3.8, 4) is 5.88 Å². The maximum absolute atomic E-state index is 13.1. The number of alkyl halides is 3. The van der Waals surface area contributed by atoms with Gasteiger partial charge >= 0.3 is 12.2 Å². The highest BCUT2D eigenvalue weighted by Crippen LogP contribution is 2.34. The molecule has 1 aliphatic rings. The average molecular weight is 416 g/mol. The van der Waals surface area contributed by atoms with Crippen molar-refractivity contribution >= 4 is 22.5 Å². The number of anilines is 1. The lowest BCUT2D eigenvalue weighted by Crippen LogP contribution is -2.44. The lowest BCUT2D eigenvalue weighted by atomic mass is 10.1. The number of rotatable bonds is 3. The number of aromatic nitrogens is 2. The van der Waals surface area contributed by atoms with E-state index in [-0.39, 0.29) is 11.8 Å². The van der Waals surface area contributed by atoms with Gasteiger partial charge in [-0.05, 0) is 18.2 Å². The number of nitrogens with one attached hydrogen (secondary N) is 1. The average Bonchev–Trinajstić information content (AvgIpc) is 2.74. The Morgan fingerprint density at radius 1 is 1.07 bits per heavy atom. The van der Waals surface area contributed by atoms with Gasteiger partial charge in [-0.3, -0.25) is 0 Å². The van der Waals surface area contributed by atoms with Gasteiger partial charge in [0.1, 0.15) is 6.10 Å². The van der Waals surface area contributed by atoms with Gasteiger partial charge in [0.05, 0.1) is 17.4 Å². The Kier molecular flexibility index (Phi) is 5.43. The molecule has 0 atom stereocenters. The molecule has 2 heterocycles. The minimum Gasteiger partial charge on any atom is -0.473 e. The van der Waals surface area contributed by atoms with Crippen molar-refractivity contribution in [2.75, 3.05) is 18.4 Å². The van der Waals surface area contributed by atoms with E-state index in [1.54, 1.807) is 6.20 Å². The highest BCUT2D eigenvalue weighted by molar-refractivity contribution is 5.90. The van der Waals surface area contributed by atoms with E-state index in [0.29, 0.717) is 31.8 Å². The number of urea groups is 1. The van der Waals surface area contributed by atoms with Gasteiger partial charge in [0, 0.05) is 36.7 Å². The van der Waals surface area contributed by atoms with Crippen LogP contribution in [0.15, 0.2) is 54.7 Å². The third-order valence-electron chi connectivity index (χ3n) is 5.02. The van der Waals surface area contributed by atoms with E-state index in [0.717, 1.165) is 16.8 Å². The summed E-state index contributed by atoms with van der Waals surface area (Å²) in [6.45, 7) is 0.728. The second-order valence-corrected chi connectivity index (χ2v) is 7.01. The van der Waals surface area contributed by atoms with Crippen LogP contribution in [0.5, 0.6) is 5.88 Å². The molecule has 156 valence electrons. The summed E-state index contributed by atoms with van der Waals surface area (Å²) in [5, 5.41) is 12.2. The first-order chi connectivity index (χ1) is 14.4. The van der Waals surface area contributed by atoms with Crippen molar-refractivity contribution in [3.05, 3.63) is 60.3 Å². The van der Waals surface area contributed by atoms with E-state index < -0.39 is 17.8 Å². The van der Waals surface area contributed by atoms with Crippen molar-refractivity contribution in [2.24, 2.45) is 0 Å². The van der Waals surface area contributed by atoms with Crippen molar-refractivity contribution in [2.45, 2.75) is 25.1 Å². The summed E-state index contributed by atoms with van der Waals surface area (Å²) in [7, 11) is 0. The molecular formula is C21H19F3N4O2. The molecule has 1 N–H and O–H groups in total. The molecule has 4 rings (SSSR count). The second kappa shape index (κ2) is 8.17. The van der Waals surface area contributed by atoms with Gasteiger partial charge in [0.25, 0.3) is 0 Å². The molecule has 2 amide bonds. The lowest BCUT2D eigenvalue weighted by Gasteiger charge is -2.32. The van der Waals surface area contributed by atoms with Gasteiger partial charge in [0.15, 0.2) is 0 Å². The van der Waals surface area contributed by atoms with E-state index >= 15 is 0 Å². The van der Waals surface area contributed by atoms with Crippen molar-refractivity contribution in [1.82, 2.24) is 15.1 Å². The zero-order valence-electron chi connectivity index (χ0n) is 15.9. The molecule has 3 aromatic rings. The standard InChI is InChI=1S/C21H19F3N4O2/c22-21(23,24)17-7-3-4-8-18(17)26-20(29)28-11-9-15(10-12-28)30-19-16-6-2-1-5-14(16)13-25-27-19/h1-8,13,15H,9-12H2,(H,26,29). The topological polar surface area (TPSA) is 67.4 Å². The number of fused-ring (bicyclic) bond motifs is 1. The van der Waals surface area contributed by atoms with Crippen LogP contribution in [0.1, 0.15) is 18.4 Å². The van der Waals surface area contributed by atoms with Crippen molar-refractivity contribution < 1.29 is 22.7 Å². The highest BCUT2D eigenvalue weighted by Gasteiger charge is 2.34. The molecule has 0 radical (unpaired) electrons. The fourth-order valence-electron chi connectivity index (χ4n) is 3.46. The number of hydrogen-bond acceptors (Lipinski definition) is 4. The maximum atomic E-state index is 13.1. The quantitative estimate of drug-likeness (QED) is 0.671. The lowest BCUT2D eigenvalue weighted by molar-refractivity contribution is -0.136. The summed E-state index contributed by atoms with van der Waals surface area (Å²) in [5.41, 5.74) is -1.12. The Hall–Kier alpha value is -3.36. The Bertz CT molecular complexity index is 1040. The number of ether oxygens (including phenoxy) is 1. The summed E-state index contributed by atoms with van der Waals surface area (Å²) >= 11 is 0. The number of para-hydroxylation sites is 1. The van der Waals surface area contributed by atoms with E-state index in [1.807, 2.05) is 24.3 Å². The molecule has 1 aromatic heterocycles. The number of benzene rings is 2. The van der Waals surface area contributed by atoms with Crippen LogP contribution in [0, 0.1) is 0 Å². The molecule has 0 aliphatic carbocycles. The molecule has 0 unspecified atom stereocenters. The molecule has 6 nitrogen and oxygen atoms in total. The Morgan fingerprint density at radius 2 is 1.77 bits per heavy atom. The fraction of sp³-hybridized carbons (Fsp3) is 0.286. The van der Waals surface area contributed by atoms with Gasteiger partial charge < -0.3 is 15.0 Å². The number of hydrogen-bond donors (Lipinski definition) is 1. The number of carbonyl (C=O) groups is 1. The predicted octanol–water partition coefficient (Wildman–Crippen LogP) is 4.72. The van der Waals surface area contributed by atoms with Crippen LogP contribution in [0.2, 0.25) is 0 Å². The fourth-order valence-corrected chi connectivity index (χ4v) is 3.46. The molecular weight excluding hydrogens is 397 g/mol. The summed E-state index contributed by atoms with van der Waals surface area (Å²) < 4.78 is 45.4. The number of carbonyl (C=O) groups excluding carboxylic acids is 1. The minimum atomic E-state index is -4.54. The van der Waals surface area contributed by atoms with Crippen LogP contribution in [-0.4, -0.2) is 40.3 Å². The van der Waals surface area contributed by atoms with Gasteiger partial charge in [-0.2, -0.15) is 18.3 Å². The molecule has 1 fully saturated rings. The highest BCUT2D eigenvalue weighted by atomic mass is 19.4. The van der Waals surface area contributed by atoms with Gasteiger partial charge in [-0.1, -0.05) is 30.3 Å². The summed E-state index contributed by atoms with van der Waals surface area (Å²) in [6.07, 6.45) is -1.95. The summed E-state index contributed by atoms with van der Waals surface area (Å²) in [6, 6.07) is 12.0. The first-order valence-electron chi connectivity index (χ1n) is 9.51. The third-order valence-corrected chi connectivity index (χ3v) is 5.02. The van der Waals surface area contributed by atoms with Crippen LogP contribution >= 0.6 is 0 Å². The Labute approximate surface area is 170 Å². The zero-order valence-corrected chi connectivity index (χ0v) is 15.9. The van der Waals surface area contributed by atoms with Gasteiger partial charge in [-0.15, -0.1) is 5.10 Å². The molecule has 2 aromatic carbocycles. The molecule has 0 saturated carbocycles. The van der Waals surface area contributed by atoms with E-state index in [1.165, 1.54) is 23.1 Å². The number of nitrogens with zero attached hydrogens (tertiary/aromatic N) is 3. The zero-order chi connectivity index (χ0) is 21.1. The molecule has 0 spiro atoms. The van der Waals surface area contributed by atoms with Crippen LogP contribution < -0.4 is 10.1 Å². The van der Waals surface area contributed by atoms with Crippen LogP contribution in [0.4, 0.5) is 23.7 Å².